The topological polar surface area (TPSA) is 43.7 Å². The van der Waals surface area contributed by atoms with Crippen LogP contribution in [0, 0.1) is 11.6 Å². The Hall–Kier alpha value is -1.04. The zero-order valence-electron chi connectivity index (χ0n) is 8.87. The molecular weight excluding hydrogens is 216 g/mol. The summed E-state index contributed by atoms with van der Waals surface area (Å²) >= 11 is 0. The number of hydrogen-bond donors (Lipinski definition) is 2. The molecule has 0 spiro atoms. The third kappa shape index (κ3) is 3.84. The van der Waals surface area contributed by atoms with Gasteiger partial charge < -0.3 is 10.2 Å². The van der Waals surface area contributed by atoms with Crippen LogP contribution in [0.15, 0.2) is 18.2 Å². The predicted octanol–water partition coefficient (Wildman–Crippen LogP) is 0.751. The normalized spacial score (nSPS) is 11.1. The Morgan fingerprint density at radius 2 is 1.69 bits per heavy atom. The van der Waals surface area contributed by atoms with Crippen molar-refractivity contribution < 1.29 is 19.0 Å². The maximum Gasteiger partial charge on any atom is 0.127 e. The largest absolute Gasteiger partial charge is 0.395 e. The molecule has 0 fully saturated rings. The van der Waals surface area contributed by atoms with Gasteiger partial charge in [-0.3, -0.25) is 4.90 Å². The van der Waals surface area contributed by atoms with Crippen LogP contribution in [-0.4, -0.2) is 41.4 Å². The molecule has 5 heteroatoms. The van der Waals surface area contributed by atoms with Crippen molar-refractivity contribution in [2.24, 2.45) is 0 Å². The molecule has 0 heterocycles. The van der Waals surface area contributed by atoms with E-state index in [4.69, 9.17) is 10.2 Å². The number of hydrogen-bond acceptors (Lipinski definition) is 3. The molecule has 0 saturated carbocycles. The molecule has 3 nitrogen and oxygen atoms in total. The zero-order chi connectivity index (χ0) is 12.0. The molecule has 1 aromatic carbocycles. The molecular formula is C11H15F2NO2. The first-order chi connectivity index (χ1) is 7.67. The van der Waals surface area contributed by atoms with Crippen molar-refractivity contribution in [3.63, 3.8) is 0 Å². The molecule has 0 aliphatic heterocycles. The molecule has 0 amide bonds. The summed E-state index contributed by atoms with van der Waals surface area (Å²) in [5.74, 6) is -0.980. The van der Waals surface area contributed by atoms with Crippen LogP contribution in [0.1, 0.15) is 5.56 Å². The number of nitrogens with zero attached hydrogens (tertiary/aromatic N) is 1. The first-order valence-electron chi connectivity index (χ1n) is 5.05. The van der Waals surface area contributed by atoms with E-state index in [-0.39, 0.29) is 25.3 Å². The lowest BCUT2D eigenvalue weighted by molar-refractivity contribution is 0.154. The molecule has 0 aliphatic rings. The van der Waals surface area contributed by atoms with E-state index in [1.54, 1.807) is 4.90 Å². The summed E-state index contributed by atoms with van der Waals surface area (Å²) < 4.78 is 26.2. The molecule has 2 N–H and O–H groups in total. The molecule has 0 radical (unpaired) electrons. The fourth-order valence-electron chi connectivity index (χ4n) is 1.46. The molecule has 90 valence electrons. The lowest BCUT2D eigenvalue weighted by atomic mass is 10.2. The second-order valence-corrected chi connectivity index (χ2v) is 3.46. The predicted molar refractivity (Wildman–Crippen MR) is 55.8 cm³/mol. The van der Waals surface area contributed by atoms with Crippen LogP contribution in [0.2, 0.25) is 0 Å². The van der Waals surface area contributed by atoms with Crippen molar-refractivity contribution in [1.82, 2.24) is 4.90 Å². The van der Waals surface area contributed by atoms with E-state index in [0.29, 0.717) is 13.1 Å². The Morgan fingerprint density at radius 1 is 1.06 bits per heavy atom. The Morgan fingerprint density at radius 3 is 2.25 bits per heavy atom. The minimum Gasteiger partial charge on any atom is -0.395 e. The van der Waals surface area contributed by atoms with Gasteiger partial charge in [-0.25, -0.2) is 8.78 Å². The standard InChI is InChI=1S/C11H15F2NO2/c12-10-1-2-11(13)9(7-10)8-14(3-5-15)4-6-16/h1-2,7,15-16H,3-6,8H2. The average Bonchev–Trinajstić information content (AvgIpc) is 2.24. The van der Waals surface area contributed by atoms with Gasteiger partial charge in [0.1, 0.15) is 11.6 Å². The number of aliphatic hydroxyl groups is 2. The third-order valence-electron chi connectivity index (χ3n) is 2.23. The van der Waals surface area contributed by atoms with E-state index in [2.05, 4.69) is 0 Å². The molecule has 0 saturated heterocycles. The monoisotopic (exact) mass is 231 g/mol. The number of benzene rings is 1. The van der Waals surface area contributed by atoms with Gasteiger partial charge in [0.05, 0.1) is 13.2 Å². The van der Waals surface area contributed by atoms with E-state index >= 15 is 0 Å². The van der Waals surface area contributed by atoms with Crippen molar-refractivity contribution in [3.8, 4) is 0 Å². The van der Waals surface area contributed by atoms with Crippen molar-refractivity contribution >= 4 is 0 Å². The SMILES string of the molecule is OCCN(CCO)Cc1cc(F)ccc1F. The highest BCUT2D eigenvalue weighted by Crippen LogP contribution is 2.12. The van der Waals surface area contributed by atoms with Crippen molar-refractivity contribution in [2.45, 2.75) is 6.54 Å². The van der Waals surface area contributed by atoms with Gasteiger partial charge in [0.25, 0.3) is 0 Å². The molecule has 16 heavy (non-hydrogen) atoms. The van der Waals surface area contributed by atoms with Crippen LogP contribution in [0.3, 0.4) is 0 Å². The summed E-state index contributed by atoms with van der Waals surface area (Å²) in [4.78, 5) is 1.65. The van der Waals surface area contributed by atoms with E-state index in [0.717, 1.165) is 18.2 Å². The molecule has 0 unspecified atom stereocenters. The van der Waals surface area contributed by atoms with Gasteiger partial charge in [-0.05, 0) is 18.2 Å². The van der Waals surface area contributed by atoms with E-state index in [9.17, 15) is 8.78 Å². The molecule has 0 bridgehead atoms. The number of halogens is 2. The second kappa shape index (κ2) is 6.52. The van der Waals surface area contributed by atoms with Gasteiger partial charge >= 0.3 is 0 Å². The van der Waals surface area contributed by atoms with Gasteiger partial charge in [-0.15, -0.1) is 0 Å². The fraction of sp³-hybridized carbons (Fsp3) is 0.455. The van der Waals surface area contributed by atoms with E-state index in [1.165, 1.54) is 0 Å². The Bertz CT molecular complexity index is 328. The minimum absolute atomic E-state index is 0.0864. The summed E-state index contributed by atoms with van der Waals surface area (Å²) in [7, 11) is 0. The summed E-state index contributed by atoms with van der Waals surface area (Å²) in [5.41, 5.74) is 0.224. The van der Waals surface area contributed by atoms with Crippen LogP contribution in [0.25, 0.3) is 0 Å². The highest BCUT2D eigenvalue weighted by atomic mass is 19.1. The molecule has 0 aromatic heterocycles. The number of rotatable bonds is 6. The van der Waals surface area contributed by atoms with Gasteiger partial charge in [-0.2, -0.15) is 0 Å². The van der Waals surface area contributed by atoms with E-state index < -0.39 is 11.6 Å². The first-order valence-corrected chi connectivity index (χ1v) is 5.05. The summed E-state index contributed by atoms with van der Waals surface area (Å²) in [6.45, 7) is 0.631. The highest BCUT2D eigenvalue weighted by Gasteiger charge is 2.09. The Labute approximate surface area is 92.9 Å². The molecule has 0 aliphatic carbocycles. The summed E-state index contributed by atoms with van der Waals surface area (Å²) in [6.07, 6.45) is 0. The van der Waals surface area contributed by atoms with Gasteiger partial charge in [0, 0.05) is 25.2 Å². The van der Waals surface area contributed by atoms with Crippen LogP contribution in [0.4, 0.5) is 8.78 Å². The smallest absolute Gasteiger partial charge is 0.127 e. The van der Waals surface area contributed by atoms with Crippen LogP contribution < -0.4 is 0 Å². The lowest BCUT2D eigenvalue weighted by Gasteiger charge is -2.20. The van der Waals surface area contributed by atoms with Crippen molar-refractivity contribution in [2.75, 3.05) is 26.3 Å². The van der Waals surface area contributed by atoms with Gasteiger partial charge in [0.2, 0.25) is 0 Å². The maximum atomic E-state index is 13.3. The third-order valence-corrected chi connectivity index (χ3v) is 2.23. The highest BCUT2D eigenvalue weighted by molar-refractivity contribution is 5.18. The quantitative estimate of drug-likeness (QED) is 0.759. The second-order valence-electron chi connectivity index (χ2n) is 3.46. The Kier molecular flexibility index (Phi) is 5.31. The lowest BCUT2D eigenvalue weighted by Crippen LogP contribution is -2.29. The Balaban J connectivity index is 2.71. The van der Waals surface area contributed by atoms with Crippen molar-refractivity contribution in [1.29, 1.82) is 0 Å². The summed E-state index contributed by atoms with van der Waals surface area (Å²) in [5, 5.41) is 17.5. The van der Waals surface area contributed by atoms with Crippen molar-refractivity contribution in [3.05, 3.63) is 35.4 Å². The fourth-order valence-corrected chi connectivity index (χ4v) is 1.46. The van der Waals surface area contributed by atoms with Gasteiger partial charge in [0.15, 0.2) is 0 Å². The first kappa shape index (κ1) is 13.0. The van der Waals surface area contributed by atoms with Crippen LogP contribution >= 0.6 is 0 Å². The molecule has 0 atom stereocenters. The molecule has 1 aromatic rings. The van der Waals surface area contributed by atoms with Gasteiger partial charge in [-0.1, -0.05) is 0 Å². The minimum atomic E-state index is -0.496. The average molecular weight is 231 g/mol. The zero-order valence-corrected chi connectivity index (χ0v) is 8.87. The van der Waals surface area contributed by atoms with E-state index in [1.807, 2.05) is 0 Å². The molecule has 1 rings (SSSR count). The number of aliphatic hydroxyl groups excluding tert-OH is 2. The van der Waals surface area contributed by atoms with Crippen LogP contribution in [-0.2, 0) is 6.54 Å². The summed E-state index contributed by atoms with van der Waals surface area (Å²) in [6, 6.07) is 3.25. The maximum absolute atomic E-state index is 13.3. The van der Waals surface area contributed by atoms with Crippen LogP contribution in [0.5, 0.6) is 0 Å².